The molecule has 0 aliphatic rings. The van der Waals surface area contributed by atoms with Crippen molar-refractivity contribution < 1.29 is 9.47 Å². The van der Waals surface area contributed by atoms with Gasteiger partial charge in [0.25, 0.3) is 0 Å². The van der Waals surface area contributed by atoms with E-state index in [2.05, 4.69) is 33.4 Å². The van der Waals surface area contributed by atoms with E-state index >= 15 is 0 Å². The van der Waals surface area contributed by atoms with Gasteiger partial charge in [-0.05, 0) is 36.2 Å². The summed E-state index contributed by atoms with van der Waals surface area (Å²) in [7, 11) is 3.27. The summed E-state index contributed by atoms with van der Waals surface area (Å²) < 4.78 is 12.4. The van der Waals surface area contributed by atoms with E-state index in [9.17, 15) is 0 Å². The molecular formula is C22H20N4O2. The fraction of sp³-hybridized carbons (Fsp3) is 0.136. The third-order valence-corrected chi connectivity index (χ3v) is 4.56. The maximum Gasteiger partial charge on any atom is 0.213 e. The van der Waals surface area contributed by atoms with Gasteiger partial charge >= 0.3 is 0 Å². The number of ether oxygens (including phenoxy) is 2. The standard InChI is InChI=1S/C22H20N4O2/c1-15-24-25-22(26(15)19-11-12-21(28-3)23-14-19)17-9-7-16(8-10-17)18-5-4-6-20(13-18)27-2/h4-14H,1-3H3. The molecule has 0 spiro atoms. The molecule has 6 nitrogen and oxygen atoms in total. The van der Waals surface area contributed by atoms with Crippen LogP contribution in [-0.4, -0.2) is 34.0 Å². The molecule has 0 amide bonds. The zero-order chi connectivity index (χ0) is 19.5. The van der Waals surface area contributed by atoms with Crippen molar-refractivity contribution >= 4 is 0 Å². The Kier molecular flexibility index (Phi) is 4.76. The van der Waals surface area contributed by atoms with E-state index in [-0.39, 0.29) is 0 Å². The summed E-state index contributed by atoms with van der Waals surface area (Å²) in [6.45, 7) is 1.92. The van der Waals surface area contributed by atoms with Crippen molar-refractivity contribution in [2.75, 3.05) is 14.2 Å². The first kappa shape index (κ1) is 17.7. The highest BCUT2D eigenvalue weighted by molar-refractivity contribution is 5.69. The number of hydrogen-bond donors (Lipinski definition) is 0. The second kappa shape index (κ2) is 7.52. The maximum absolute atomic E-state index is 5.32. The van der Waals surface area contributed by atoms with Crippen LogP contribution in [0.1, 0.15) is 5.82 Å². The van der Waals surface area contributed by atoms with Crippen molar-refractivity contribution in [1.29, 1.82) is 0 Å². The second-order valence-electron chi connectivity index (χ2n) is 6.27. The molecule has 4 rings (SSSR count). The molecule has 2 heterocycles. The number of rotatable bonds is 5. The van der Waals surface area contributed by atoms with Crippen LogP contribution in [0.2, 0.25) is 0 Å². The van der Waals surface area contributed by atoms with Gasteiger partial charge in [0.05, 0.1) is 26.1 Å². The molecular weight excluding hydrogens is 352 g/mol. The Balaban J connectivity index is 1.70. The molecule has 0 aliphatic carbocycles. The lowest BCUT2D eigenvalue weighted by atomic mass is 10.0. The van der Waals surface area contributed by atoms with Crippen molar-refractivity contribution in [2.24, 2.45) is 0 Å². The molecule has 6 heteroatoms. The van der Waals surface area contributed by atoms with Gasteiger partial charge in [0.1, 0.15) is 11.6 Å². The van der Waals surface area contributed by atoms with Crippen molar-refractivity contribution in [3.63, 3.8) is 0 Å². The summed E-state index contributed by atoms with van der Waals surface area (Å²) in [6.07, 6.45) is 1.75. The average molecular weight is 372 g/mol. The van der Waals surface area contributed by atoms with Crippen LogP contribution >= 0.6 is 0 Å². The van der Waals surface area contributed by atoms with Crippen LogP contribution in [0.5, 0.6) is 11.6 Å². The Hall–Kier alpha value is -3.67. The maximum atomic E-state index is 5.32. The van der Waals surface area contributed by atoms with Crippen molar-refractivity contribution in [2.45, 2.75) is 6.92 Å². The van der Waals surface area contributed by atoms with Gasteiger partial charge in [-0.1, -0.05) is 36.4 Å². The molecule has 0 fully saturated rings. The molecule has 0 saturated carbocycles. The summed E-state index contributed by atoms with van der Waals surface area (Å²) >= 11 is 0. The van der Waals surface area contributed by atoms with Crippen LogP contribution in [0, 0.1) is 6.92 Å². The van der Waals surface area contributed by atoms with Gasteiger partial charge in [0.2, 0.25) is 5.88 Å². The number of nitrogens with zero attached hydrogens (tertiary/aromatic N) is 4. The smallest absolute Gasteiger partial charge is 0.213 e. The monoisotopic (exact) mass is 372 g/mol. The summed E-state index contributed by atoms with van der Waals surface area (Å²) in [6, 6.07) is 20.0. The van der Waals surface area contributed by atoms with Gasteiger partial charge in [-0.3, -0.25) is 4.57 Å². The molecule has 0 aliphatic heterocycles. The highest BCUT2D eigenvalue weighted by Crippen LogP contribution is 2.28. The lowest BCUT2D eigenvalue weighted by Crippen LogP contribution is -2.01. The number of pyridine rings is 1. The predicted octanol–water partition coefficient (Wildman–Crippen LogP) is 4.32. The zero-order valence-corrected chi connectivity index (χ0v) is 16.0. The van der Waals surface area contributed by atoms with Gasteiger partial charge in [0.15, 0.2) is 5.82 Å². The first-order valence-corrected chi connectivity index (χ1v) is 8.87. The number of methoxy groups -OCH3 is 2. The van der Waals surface area contributed by atoms with Gasteiger partial charge in [-0.15, -0.1) is 10.2 Å². The molecule has 0 bridgehead atoms. The van der Waals surface area contributed by atoms with E-state index in [0.29, 0.717) is 5.88 Å². The first-order valence-electron chi connectivity index (χ1n) is 8.87. The lowest BCUT2D eigenvalue weighted by molar-refractivity contribution is 0.398. The topological polar surface area (TPSA) is 62.1 Å². The largest absolute Gasteiger partial charge is 0.497 e. The number of benzene rings is 2. The Morgan fingerprint density at radius 2 is 1.57 bits per heavy atom. The van der Waals surface area contributed by atoms with Gasteiger partial charge in [-0.2, -0.15) is 0 Å². The number of hydrogen-bond acceptors (Lipinski definition) is 5. The van der Waals surface area contributed by atoms with Crippen LogP contribution in [0.15, 0.2) is 66.9 Å². The molecule has 4 aromatic rings. The van der Waals surface area contributed by atoms with Crippen molar-refractivity contribution in [1.82, 2.24) is 19.7 Å². The Morgan fingerprint density at radius 3 is 2.25 bits per heavy atom. The summed E-state index contributed by atoms with van der Waals surface area (Å²) in [5, 5.41) is 8.62. The van der Waals surface area contributed by atoms with E-state index in [1.807, 2.05) is 54.0 Å². The minimum absolute atomic E-state index is 0.568. The Bertz CT molecular complexity index is 1090. The molecule has 0 radical (unpaired) electrons. The Morgan fingerprint density at radius 1 is 0.786 bits per heavy atom. The quantitative estimate of drug-likeness (QED) is 0.522. The Labute approximate surface area is 163 Å². The van der Waals surface area contributed by atoms with Crippen molar-refractivity contribution in [3.8, 4) is 39.8 Å². The van der Waals surface area contributed by atoms with E-state index in [1.54, 1.807) is 20.4 Å². The normalized spacial score (nSPS) is 10.7. The van der Waals surface area contributed by atoms with Crippen LogP contribution in [0.4, 0.5) is 0 Å². The highest BCUT2D eigenvalue weighted by atomic mass is 16.5. The van der Waals surface area contributed by atoms with Crippen molar-refractivity contribution in [3.05, 3.63) is 72.7 Å². The fourth-order valence-electron chi connectivity index (χ4n) is 3.10. The molecule has 2 aromatic heterocycles. The van der Waals surface area contributed by atoms with Crippen LogP contribution in [0.25, 0.3) is 28.2 Å². The van der Waals surface area contributed by atoms with E-state index in [1.165, 1.54) is 0 Å². The van der Waals surface area contributed by atoms with E-state index < -0.39 is 0 Å². The molecule has 140 valence electrons. The van der Waals surface area contributed by atoms with Crippen LogP contribution in [-0.2, 0) is 0 Å². The van der Waals surface area contributed by atoms with Gasteiger partial charge in [-0.25, -0.2) is 4.98 Å². The predicted molar refractivity (Wildman–Crippen MR) is 108 cm³/mol. The fourth-order valence-corrected chi connectivity index (χ4v) is 3.10. The van der Waals surface area contributed by atoms with Gasteiger partial charge < -0.3 is 9.47 Å². The zero-order valence-electron chi connectivity index (χ0n) is 16.0. The molecule has 0 atom stereocenters. The SMILES string of the molecule is COc1cccc(-c2ccc(-c3nnc(C)n3-c3ccc(OC)nc3)cc2)c1. The minimum Gasteiger partial charge on any atom is -0.497 e. The van der Waals surface area contributed by atoms with Crippen LogP contribution in [0.3, 0.4) is 0 Å². The average Bonchev–Trinajstić information content (AvgIpc) is 3.15. The van der Waals surface area contributed by atoms with Crippen LogP contribution < -0.4 is 9.47 Å². The van der Waals surface area contributed by atoms with E-state index in [0.717, 1.165) is 39.8 Å². The third-order valence-electron chi connectivity index (χ3n) is 4.56. The molecule has 0 N–H and O–H groups in total. The third kappa shape index (κ3) is 3.32. The molecule has 2 aromatic carbocycles. The first-order chi connectivity index (χ1) is 13.7. The summed E-state index contributed by atoms with van der Waals surface area (Å²) in [5.41, 5.74) is 4.07. The van der Waals surface area contributed by atoms with E-state index in [4.69, 9.17) is 9.47 Å². The van der Waals surface area contributed by atoms with Gasteiger partial charge in [0, 0.05) is 11.6 Å². The second-order valence-corrected chi connectivity index (χ2v) is 6.27. The minimum atomic E-state index is 0.568. The molecule has 0 saturated heterocycles. The highest BCUT2D eigenvalue weighted by Gasteiger charge is 2.13. The molecule has 0 unspecified atom stereocenters. The lowest BCUT2D eigenvalue weighted by Gasteiger charge is -2.10. The molecule has 28 heavy (non-hydrogen) atoms. The summed E-state index contributed by atoms with van der Waals surface area (Å²) in [4.78, 5) is 4.29. The summed E-state index contributed by atoms with van der Waals surface area (Å²) in [5.74, 6) is 2.96. The number of aromatic nitrogens is 4. The number of aryl methyl sites for hydroxylation is 1.